The number of hydrogen-bond donors (Lipinski definition) is 1. The lowest BCUT2D eigenvalue weighted by Gasteiger charge is -2.25. The third kappa shape index (κ3) is 4.61. The van der Waals surface area contributed by atoms with Crippen LogP contribution in [0, 0.1) is 5.82 Å². The molecule has 2 rings (SSSR count). The van der Waals surface area contributed by atoms with E-state index in [0.717, 1.165) is 10.7 Å². The van der Waals surface area contributed by atoms with E-state index in [-0.39, 0.29) is 11.2 Å². The number of methoxy groups -OCH3 is 1. The highest BCUT2D eigenvalue weighted by atomic mass is 32.1. The van der Waals surface area contributed by atoms with Gasteiger partial charge in [-0.2, -0.15) is 9.36 Å². The van der Waals surface area contributed by atoms with E-state index in [0.29, 0.717) is 19.0 Å². The number of halogens is 1. The van der Waals surface area contributed by atoms with E-state index in [2.05, 4.69) is 28.5 Å². The van der Waals surface area contributed by atoms with Crippen molar-refractivity contribution in [3.05, 3.63) is 47.5 Å². The van der Waals surface area contributed by atoms with Crippen LogP contribution in [0.3, 0.4) is 0 Å². The first-order valence-corrected chi connectivity index (χ1v) is 7.78. The Kier molecular flexibility index (Phi) is 5.63. The molecule has 1 N–H and O–H groups in total. The molecule has 1 aromatic carbocycles. The second-order valence-corrected chi connectivity index (χ2v) is 6.31. The SMILES string of the molecule is COCC=Cc1nsc(NCC(C)(C)c2ccc(F)cc2)n1. The van der Waals surface area contributed by atoms with Crippen molar-refractivity contribution in [2.45, 2.75) is 19.3 Å². The van der Waals surface area contributed by atoms with Crippen molar-refractivity contribution in [1.82, 2.24) is 9.36 Å². The minimum Gasteiger partial charge on any atom is -0.381 e. The number of nitrogens with one attached hydrogen (secondary N) is 1. The van der Waals surface area contributed by atoms with E-state index in [9.17, 15) is 4.39 Å². The molecule has 0 aliphatic carbocycles. The number of aromatic nitrogens is 2. The molecule has 0 bridgehead atoms. The van der Waals surface area contributed by atoms with Crippen LogP contribution in [0.25, 0.3) is 6.08 Å². The second-order valence-electron chi connectivity index (χ2n) is 5.56. The van der Waals surface area contributed by atoms with Crippen LogP contribution < -0.4 is 5.32 Å². The average molecular weight is 321 g/mol. The van der Waals surface area contributed by atoms with Crippen LogP contribution in [0.4, 0.5) is 9.52 Å². The van der Waals surface area contributed by atoms with Gasteiger partial charge < -0.3 is 10.1 Å². The molecule has 22 heavy (non-hydrogen) atoms. The Morgan fingerprint density at radius 3 is 2.73 bits per heavy atom. The van der Waals surface area contributed by atoms with Crippen molar-refractivity contribution in [3.8, 4) is 0 Å². The smallest absolute Gasteiger partial charge is 0.202 e. The van der Waals surface area contributed by atoms with Crippen LogP contribution in [0.5, 0.6) is 0 Å². The Bertz CT molecular complexity index is 623. The van der Waals surface area contributed by atoms with Gasteiger partial charge in [-0.3, -0.25) is 0 Å². The molecule has 118 valence electrons. The molecular weight excluding hydrogens is 301 g/mol. The summed E-state index contributed by atoms with van der Waals surface area (Å²) < 4.78 is 22.2. The molecule has 0 atom stereocenters. The Labute approximate surface area is 134 Å². The monoisotopic (exact) mass is 321 g/mol. The summed E-state index contributed by atoms with van der Waals surface area (Å²) in [5.74, 6) is 0.452. The Balaban J connectivity index is 1.95. The zero-order valence-corrected chi connectivity index (χ0v) is 13.8. The van der Waals surface area contributed by atoms with E-state index in [1.54, 1.807) is 7.11 Å². The van der Waals surface area contributed by atoms with Gasteiger partial charge in [0.25, 0.3) is 0 Å². The van der Waals surface area contributed by atoms with Gasteiger partial charge in [0.2, 0.25) is 5.13 Å². The van der Waals surface area contributed by atoms with Gasteiger partial charge in [-0.15, -0.1) is 0 Å². The fraction of sp³-hybridized carbons (Fsp3) is 0.375. The third-order valence-corrected chi connectivity index (χ3v) is 3.97. The van der Waals surface area contributed by atoms with Gasteiger partial charge in [-0.05, 0) is 23.8 Å². The van der Waals surface area contributed by atoms with Gasteiger partial charge in [0, 0.05) is 30.6 Å². The summed E-state index contributed by atoms with van der Waals surface area (Å²) in [5.41, 5.74) is 0.942. The van der Waals surface area contributed by atoms with Crippen LogP contribution in [0.15, 0.2) is 30.3 Å². The van der Waals surface area contributed by atoms with Crippen LogP contribution in [-0.4, -0.2) is 29.6 Å². The molecule has 0 radical (unpaired) electrons. The van der Waals surface area contributed by atoms with Crippen LogP contribution >= 0.6 is 11.5 Å². The molecule has 1 heterocycles. The summed E-state index contributed by atoms with van der Waals surface area (Å²) in [5, 5.41) is 4.07. The molecule has 0 spiro atoms. The van der Waals surface area contributed by atoms with Crippen molar-refractivity contribution in [2.24, 2.45) is 0 Å². The Morgan fingerprint density at radius 2 is 2.05 bits per heavy atom. The lowest BCUT2D eigenvalue weighted by molar-refractivity contribution is 0.234. The molecule has 6 heteroatoms. The van der Waals surface area contributed by atoms with Gasteiger partial charge >= 0.3 is 0 Å². The fourth-order valence-corrected chi connectivity index (χ4v) is 2.48. The van der Waals surface area contributed by atoms with Crippen LogP contribution in [0.1, 0.15) is 25.2 Å². The molecule has 0 saturated carbocycles. The molecule has 4 nitrogen and oxygen atoms in total. The predicted molar refractivity (Wildman–Crippen MR) is 88.7 cm³/mol. The highest BCUT2D eigenvalue weighted by Gasteiger charge is 2.21. The first-order chi connectivity index (χ1) is 10.5. The molecule has 0 unspecified atom stereocenters. The number of hydrogen-bond acceptors (Lipinski definition) is 5. The van der Waals surface area contributed by atoms with E-state index in [4.69, 9.17) is 4.74 Å². The number of rotatable bonds is 7. The molecule has 2 aromatic rings. The zero-order valence-electron chi connectivity index (χ0n) is 13.0. The molecule has 0 saturated heterocycles. The molecule has 0 aliphatic rings. The van der Waals surface area contributed by atoms with Gasteiger partial charge in [-0.25, -0.2) is 4.39 Å². The van der Waals surface area contributed by atoms with Gasteiger partial charge in [0.05, 0.1) is 6.61 Å². The number of benzene rings is 1. The number of ether oxygens (including phenoxy) is 1. The third-order valence-electron chi connectivity index (χ3n) is 3.28. The molecular formula is C16H20FN3OS. The van der Waals surface area contributed by atoms with Gasteiger partial charge in [0.1, 0.15) is 5.82 Å². The standard InChI is InChI=1S/C16H20FN3OS/c1-16(2,12-6-8-13(17)9-7-12)11-18-15-19-14(20-22-15)5-4-10-21-3/h4-9H,10-11H2,1-3H3,(H,18,19,20). The Morgan fingerprint density at radius 1 is 1.32 bits per heavy atom. The quantitative estimate of drug-likeness (QED) is 0.844. The molecule has 0 amide bonds. The van der Waals surface area contributed by atoms with Crippen LogP contribution in [-0.2, 0) is 10.2 Å². The van der Waals surface area contributed by atoms with Crippen molar-refractivity contribution in [1.29, 1.82) is 0 Å². The summed E-state index contributed by atoms with van der Waals surface area (Å²) in [6.45, 7) is 5.44. The summed E-state index contributed by atoms with van der Waals surface area (Å²) >= 11 is 1.32. The lowest BCUT2D eigenvalue weighted by Crippen LogP contribution is -2.27. The van der Waals surface area contributed by atoms with Crippen molar-refractivity contribution < 1.29 is 9.13 Å². The van der Waals surface area contributed by atoms with E-state index < -0.39 is 0 Å². The fourth-order valence-electron chi connectivity index (χ4n) is 1.92. The summed E-state index contributed by atoms with van der Waals surface area (Å²) in [4.78, 5) is 4.39. The van der Waals surface area contributed by atoms with Crippen molar-refractivity contribution in [2.75, 3.05) is 25.6 Å². The normalized spacial score (nSPS) is 12.0. The highest BCUT2D eigenvalue weighted by molar-refractivity contribution is 7.09. The molecule has 0 aliphatic heterocycles. The predicted octanol–water partition coefficient (Wildman–Crippen LogP) is 3.73. The molecule has 1 aromatic heterocycles. The largest absolute Gasteiger partial charge is 0.381 e. The number of nitrogens with zero attached hydrogens (tertiary/aromatic N) is 2. The maximum Gasteiger partial charge on any atom is 0.202 e. The Hall–Kier alpha value is -1.79. The topological polar surface area (TPSA) is 47.0 Å². The summed E-state index contributed by atoms with van der Waals surface area (Å²) in [6.07, 6.45) is 3.70. The van der Waals surface area contributed by atoms with Crippen LogP contribution in [0.2, 0.25) is 0 Å². The van der Waals surface area contributed by atoms with E-state index in [1.165, 1.54) is 23.7 Å². The second kappa shape index (κ2) is 7.47. The highest BCUT2D eigenvalue weighted by Crippen LogP contribution is 2.24. The van der Waals surface area contributed by atoms with Crippen molar-refractivity contribution >= 4 is 22.7 Å². The van der Waals surface area contributed by atoms with Gasteiger partial charge in [0.15, 0.2) is 5.82 Å². The maximum atomic E-state index is 13.0. The van der Waals surface area contributed by atoms with E-state index >= 15 is 0 Å². The summed E-state index contributed by atoms with van der Waals surface area (Å²) in [7, 11) is 1.64. The van der Waals surface area contributed by atoms with Gasteiger partial charge in [-0.1, -0.05) is 32.1 Å². The number of anilines is 1. The summed E-state index contributed by atoms with van der Waals surface area (Å²) in [6, 6.07) is 6.60. The minimum atomic E-state index is -0.218. The van der Waals surface area contributed by atoms with Crippen molar-refractivity contribution in [3.63, 3.8) is 0 Å². The maximum absolute atomic E-state index is 13.0. The van der Waals surface area contributed by atoms with E-state index in [1.807, 2.05) is 24.3 Å². The first-order valence-electron chi connectivity index (χ1n) is 7.00. The minimum absolute atomic E-state index is 0.134. The zero-order chi connectivity index (χ0) is 16.0. The lowest BCUT2D eigenvalue weighted by atomic mass is 9.85. The first kappa shape index (κ1) is 16.6. The molecule has 0 fully saturated rings. The average Bonchev–Trinajstić information content (AvgIpc) is 2.94.